The van der Waals surface area contributed by atoms with Crippen LogP contribution >= 0.6 is 11.8 Å². The predicted octanol–water partition coefficient (Wildman–Crippen LogP) is 1.83. The molecule has 0 aromatic carbocycles. The van der Waals surface area contributed by atoms with Crippen LogP contribution in [-0.4, -0.2) is 28.3 Å². The minimum Gasteiger partial charge on any atom is -0.469 e. The van der Waals surface area contributed by atoms with Gasteiger partial charge in [0.2, 0.25) is 0 Å². The fraction of sp³-hybridized carbons (Fsp3) is 0.500. The molecule has 0 aliphatic carbocycles. The first-order valence-electron chi connectivity index (χ1n) is 4.64. The maximum absolute atomic E-state index is 11.0. The number of carbonyl (C=O) groups is 1. The summed E-state index contributed by atoms with van der Waals surface area (Å²) in [4.78, 5) is 19.4. The molecule has 15 heavy (non-hydrogen) atoms. The van der Waals surface area contributed by atoms with Crippen LogP contribution in [0.25, 0.3) is 0 Å². The molecule has 0 amide bonds. The van der Waals surface area contributed by atoms with Gasteiger partial charge in [-0.3, -0.25) is 9.78 Å². The maximum Gasteiger partial charge on any atom is 0.306 e. The molecule has 1 rings (SSSR count). The van der Waals surface area contributed by atoms with E-state index in [0.717, 1.165) is 10.7 Å². The molecule has 0 bridgehead atoms. The molecule has 1 aromatic heterocycles. The van der Waals surface area contributed by atoms with Crippen molar-refractivity contribution in [1.29, 1.82) is 0 Å². The van der Waals surface area contributed by atoms with Gasteiger partial charge in [0, 0.05) is 17.6 Å². The summed E-state index contributed by atoms with van der Waals surface area (Å²) in [5.74, 6) is -0.198. The molecule has 0 saturated carbocycles. The maximum atomic E-state index is 11.0. The van der Waals surface area contributed by atoms with Gasteiger partial charge in [0.05, 0.1) is 19.2 Å². The number of hydrogen-bond acceptors (Lipinski definition) is 5. The van der Waals surface area contributed by atoms with Crippen molar-refractivity contribution in [2.45, 2.75) is 30.5 Å². The van der Waals surface area contributed by atoms with E-state index in [1.54, 1.807) is 12.4 Å². The van der Waals surface area contributed by atoms with E-state index in [9.17, 15) is 4.79 Å². The number of methoxy groups -OCH3 is 1. The number of thioether (sulfide) groups is 1. The highest BCUT2D eigenvalue weighted by atomic mass is 32.2. The smallest absolute Gasteiger partial charge is 0.306 e. The number of hydrogen-bond donors (Lipinski definition) is 0. The van der Waals surface area contributed by atoms with Crippen molar-refractivity contribution in [3.05, 3.63) is 18.1 Å². The van der Waals surface area contributed by atoms with Crippen molar-refractivity contribution in [2.24, 2.45) is 0 Å². The first-order valence-corrected chi connectivity index (χ1v) is 5.52. The van der Waals surface area contributed by atoms with Crippen LogP contribution in [0.15, 0.2) is 17.4 Å². The molecule has 1 heterocycles. The van der Waals surface area contributed by atoms with Crippen molar-refractivity contribution in [1.82, 2.24) is 9.97 Å². The second-order valence-corrected chi connectivity index (χ2v) is 4.58. The summed E-state index contributed by atoms with van der Waals surface area (Å²) in [5, 5.41) is 1.02. The van der Waals surface area contributed by atoms with Crippen LogP contribution < -0.4 is 0 Å². The zero-order chi connectivity index (χ0) is 11.3. The van der Waals surface area contributed by atoms with Crippen LogP contribution in [-0.2, 0) is 9.53 Å². The van der Waals surface area contributed by atoms with E-state index in [0.29, 0.717) is 6.42 Å². The van der Waals surface area contributed by atoms with E-state index in [4.69, 9.17) is 0 Å². The van der Waals surface area contributed by atoms with Gasteiger partial charge in [0.15, 0.2) is 0 Å². The lowest BCUT2D eigenvalue weighted by molar-refractivity contribution is -0.140. The van der Waals surface area contributed by atoms with Crippen LogP contribution in [0.1, 0.15) is 19.0 Å². The first kappa shape index (κ1) is 12.0. The Labute approximate surface area is 93.5 Å². The Morgan fingerprint density at radius 3 is 2.80 bits per heavy atom. The van der Waals surface area contributed by atoms with Gasteiger partial charge in [-0.1, -0.05) is 6.92 Å². The monoisotopic (exact) mass is 226 g/mol. The molecule has 82 valence electrons. The molecule has 4 nitrogen and oxygen atoms in total. The number of carbonyl (C=O) groups excluding carboxylic acids is 1. The molecule has 1 unspecified atom stereocenters. The van der Waals surface area contributed by atoms with Crippen molar-refractivity contribution in [3.8, 4) is 0 Å². The van der Waals surface area contributed by atoms with Gasteiger partial charge in [-0.25, -0.2) is 4.98 Å². The Morgan fingerprint density at radius 1 is 1.53 bits per heavy atom. The van der Waals surface area contributed by atoms with E-state index < -0.39 is 0 Å². The fourth-order valence-electron chi connectivity index (χ4n) is 1.06. The minimum absolute atomic E-state index is 0.146. The molecule has 0 radical (unpaired) electrons. The highest BCUT2D eigenvalue weighted by Crippen LogP contribution is 2.24. The van der Waals surface area contributed by atoms with E-state index in [1.807, 2.05) is 13.8 Å². The Bertz CT molecular complexity index is 344. The largest absolute Gasteiger partial charge is 0.469 e. The number of rotatable bonds is 4. The summed E-state index contributed by atoms with van der Waals surface area (Å²) in [5.41, 5.74) is 0.888. The highest BCUT2D eigenvalue weighted by molar-refractivity contribution is 7.99. The van der Waals surface area contributed by atoms with Gasteiger partial charge in [-0.15, -0.1) is 11.8 Å². The normalized spacial score (nSPS) is 12.2. The van der Waals surface area contributed by atoms with Crippen LogP contribution in [0.3, 0.4) is 0 Å². The number of nitrogens with zero attached hydrogens (tertiary/aromatic N) is 2. The Kier molecular flexibility index (Phi) is 4.55. The molecule has 0 N–H and O–H groups in total. The Hall–Kier alpha value is -1.10. The van der Waals surface area contributed by atoms with Crippen molar-refractivity contribution >= 4 is 17.7 Å². The van der Waals surface area contributed by atoms with Gasteiger partial charge in [-0.05, 0) is 6.92 Å². The van der Waals surface area contributed by atoms with Crippen molar-refractivity contribution in [2.75, 3.05) is 7.11 Å². The second kappa shape index (κ2) is 5.70. The number of ether oxygens (including phenoxy) is 1. The van der Waals surface area contributed by atoms with Crippen LogP contribution in [0, 0.1) is 6.92 Å². The lowest BCUT2D eigenvalue weighted by Gasteiger charge is -2.09. The lowest BCUT2D eigenvalue weighted by atomic mass is 10.3. The molecule has 0 aliphatic heterocycles. The topological polar surface area (TPSA) is 52.1 Å². The third kappa shape index (κ3) is 3.87. The van der Waals surface area contributed by atoms with Gasteiger partial charge in [-0.2, -0.15) is 0 Å². The Balaban J connectivity index is 2.55. The van der Waals surface area contributed by atoms with Gasteiger partial charge < -0.3 is 4.74 Å². The first-order chi connectivity index (χ1) is 7.13. The molecule has 0 spiro atoms. The summed E-state index contributed by atoms with van der Waals surface area (Å²) in [6.45, 7) is 3.87. The van der Waals surface area contributed by atoms with E-state index in [-0.39, 0.29) is 11.2 Å². The molecular weight excluding hydrogens is 212 g/mol. The average molecular weight is 226 g/mol. The average Bonchev–Trinajstić information content (AvgIpc) is 2.21. The van der Waals surface area contributed by atoms with Crippen molar-refractivity contribution in [3.63, 3.8) is 0 Å². The zero-order valence-electron chi connectivity index (χ0n) is 9.06. The molecule has 1 atom stereocenters. The van der Waals surface area contributed by atoms with Crippen molar-refractivity contribution < 1.29 is 9.53 Å². The van der Waals surface area contributed by atoms with Gasteiger partial charge >= 0.3 is 5.97 Å². The van der Waals surface area contributed by atoms with E-state index in [2.05, 4.69) is 14.7 Å². The SMILES string of the molecule is COC(=O)CC(C)Sc1nccnc1C. The molecule has 5 heteroatoms. The van der Waals surface area contributed by atoms with Crippen LogP contribution in [0.2, 0.25) is 0 Å². The third-order valence-corrected chi connectivity index (χ3v) is 3.02. The Morgan fingerprint density at radius 2 is 2.20 bits per heavy atom. The van der Waals surface area contributed by atoms with Gasteiger partial charge in [0.1, 0.15) is 5.03 Å². The standard InChI is InChI=1S/C10H14N2O2S/c1-7(6-9(13)14-3)15-10-8(2)11-4-5-12-10/h4-5,7H,6H2,1-3H3. The predicted molar refractivity (Wildman–Crippen MR) is 58.7 cm³/mol. The molecule has 1 aromatic rings. The molecular formula is C10H14N2O2S. The zero-order valence-corrected chi connectivity index (χ0v) is 9.87. The molecule has 0 aliphatic rings. The fourth-order valence-corrected chi connectivity index (χ4v) is 2.01. The van der Waals surface area contributed by atoms with Crippen LogP contribution in [0.4, 0.5) is 0 Å². The summed E-state index contributed by atoms with van der Waals surface area (Å²) in [6, 6.07) is 0. The number of aryl methyl sites for hydroxylation is 1. The summed E-state index contributed by atoms with van der Waals surface area (Å²) in [7, 11) is 1.40. The third-order valence-electron chi connectivity index (χ3n) is 1.83. The lowest BCUT2D eigenvalue weighted by Crippen LogP contribution is -2.09. The molecule has 0 fully saturated rings. The number of aromatic nitrogens is 2. The van der Waals surface area contributed by atoms with Crippen LogP contribution in [0.5, 0.6) is 0 Å². The second-order valence-electron chi connectivity index (χ2n) is 3.16. The minimum atomic E-state index is -0.198. The number of esters is 1. The summed E-state index contributed by atoms with van der Waals surface area (Å²) in [6.07, 6.45) is 3.70. The molecule has 0 saturated heterocycles. The summed E-state index contributed by atoms with van der Waals surface area (Å²) >= 11 is 1.54. The highest BCUT2D eigenvalue weighted by Gasteiger charge is 2.12. The van der Waals surface area contributed by atoms with Gasteiger partial charge in [0.25, 0.3) is 0 Å². The van der Waals surface area contributed by atoms with E-state index in [1.165, 1.54) is 18.9 Å². The quantitative estimate of drug-likeness (QED) is 0.579. The van der Waals surface area contributed by atoms with E-state index >= 15 is 0 Å². The summed E-state index contributed by atoms with van der Waals surface area (Å²) < 4.78 is 4.60.